The van der Waals surface area contributed by atoms with E-state index in [-0.39, 0.29) is 0 Å². The molecular formula is C13H10ClN3. The zero-order valence-corrected chi connectivity index (χ0v) is 9.72. The van der Waals surface area contributed by atoms with Gasteiger partial charge in [0.1, 0.15) is 5.65 Å². The van der Waals surface area contributed by atoms with Crippen molar-refractivity contribution in [3.8, 4) is 11.3 Å². The molecule has 0 aliphatic rings. The Bertz CT molecular complexity index is 671. The first-order valence-corrected chi connectivity index (χ1v) is 5.60. The van der Waals surface area contributed by atoms with Gasteiger partial charge in [0, 0.05) is 28.5 Å². The van der Waals surface area contributed by atoms with Crippen LogP contribution in [0.1, 0.15) is 0 Å². The zero-order valence-electron chi connectivity index (χ0n) is 8.97. The monoisotopic (exact) mass is 243 g/mol. The summed E-state index contributed by atoms with van der Waals surface area (Å²) in [7, 11) is 0. The third-order valence-corrected chi connectivity index (χ3v) is 2.92. The molecule has 2 N–H and O–H groups in total. The third-order valence-electron chi connectivity index (χ3n) is 2.68. The topological polar surface area (TPSA) is 43.3 Å². The summed E-state index contributed by atoms with van der Waals surface area (Å²) in [5, 5.41) is 0.687. The van der Waals surface area contributed by atoms with Gasteiger partial charge in [0.15, 0.2) is 0 Å². The van der Waals surface area contributed by atoms with Crippen molar-refractivity contribution in [2.75, 3.05) is 5.73 Å². The van der Waals surface area contributed by atoms with E-state index in [4.69, 9.17) is 17.3 Å². The fraction of sp³-hybridized carbons (Fsp3) is 0. The molecule has 3 rings (SSSR count). The molecule has 0 unspecified atom stereocenters. The highest BCUT2D eigenvalue weighted by Crippen LogP contribution is 2.23. The highest BCUT2D eigenvalue weighted by molar-refractivity contribution is 6.30. The standard InChI is InChI=1S/C13H10ClN3/c14-10-5-6-17-12(8-16-13(17)7-10)9-1-3-11(15)4-2-9/h1-8H,15H2. The molecule has 0 spiro atoms. The highest BCUT2D eigenvalue weighted by atomic mass is 35.5. The summed E-state index contributed by atoms with van der Waals surface area (Å²) in [6.45, 7) is 0. The molecule has 84 valence electrons. The molecule has 0 aliphatic heterocycles. The van der Waals surface area contributed by atoms with Gasteiger partial charge in [-0.1, -0.05) is 23.7 Å². The fourth-order valence-corrected chi connectivity index (χ4v) is 1.98. The summed E-state index contributed by atoms with van der Waals surface area (Å²) in [5.74, 6) is 0. The minimum absolute atomic E-state index is 0.687. The predicted octanol–water partition coefficient (Wildman–Crippen LogP) is 3.24. The second kappa shape index (κ2) is 3.79. The average Bonchev–Trinajstić information content (AvgIpc) is 2.73. The van der Waals surface area contributed by atoms with Gasteiger partial charge in [-0.15, -0.1) is 0 Å². The SMILES string of the molecule is Nc1ccc(-c2cnc3cc(Cl)ccn23)cc1. The number of imidazole rings is 1. The highest BCUT2D eigenvalue weighted by Gasteiger charge is 2.05. The lowest BCUT2D eigenvalue weighted by Gasteiger charge is -2.02. The Labute approximate surface area is 103 Å². The zero-order chi connectivity index (χ0) is 11.8. The summed E-state index contributed by atoms with van der Waals surface area (Å²) in [6, 6.07) is 11.4. The number of nitrogens with zero attached hydrogens (tertiary/aromatic N) is 2. The predicted molar refractivity (Wildman–Crippen MR) is 70.1 cm³/mol. The van der Waals surface area contributed by atoms with Crippen molar-refractivity contribution in [3.05, 3.63) is 53.8 Å². The van der Waals surface area contributed by atoms with E-state index in [0.29, 0.717) is 5.02 Å². The van der Waals surface area contributed by atoms with Gasteiger partial charge in [-0.3, -0.25) is 4.40 Å². The summed E-state index contributed by atoms with van der Waals surface area (Å²) in [5.41, 5.74) is 9.37. The summed E-state index contributed by atoms with van der Waals surface area (Å²) < 4.78 is 2.00. The number of pyridine rings is 1. The third kappa shape index (κ3) is 1.74. The minimum Gasteiger partial charge on any atom is -0.399 e. The molecule has 0 atom stereocenters. The Morgan fingerprint density at radius 1 is 1.12 bits per heavy atom. The van der Waals surface area contributed by atoms with Crippen LogP contribution in [0.2, 0.25) is 5.02 Å². The maximum Gasteiger partial charge on any atom is 0.138 e. The number of halogens is 1. The molecule has 17 heavy (non-hydrogen) atoms. The molecule has 0 saturated carbocycles. The van der Waals surface area contributed by atoms with Gasteiger partial charge < -0.3 is 5.73 Å². The molecule has 0 amide bonds. The number of anilines is 1. The first-order chi connectivity index (χ1) is 8.24. The number of nitrogen functional groups attached to an aromatic ring is 1. The fourth-order valence-electron chi connectivity index (χ4n) is 1.82. The normalized spacial score (nSPS) is 10.9. The lowest BCUT2D eigenvalue weighted by atomic mass is 10.1. The Hall–Kier alpha value is -2.00. The largest absolute Gasteiger partial charge is 0.399 e. The van der Waals surface area contributed by atoms with Crippen molar-refractivity contribution in [2.24, 2.45) is 0 Å². The maximum absolute atomic E-state index is 5.92. The first kappa shape index (κ1) is 10.2. The number of fused-ring (bicyclic) bond motifs is 1. The lowest BCUT2D eigenvalue weighted by Crippen LogP contribution is -1.88. The summed E-state index contributed by atoms with van der Waals surface area (Å²) in [4.78, 5) is 4.33. The molecule has 3 aromatic rings. The van der Waals surface area contributed by atoms with Gasteiger partial charge in [-0.05, 0) is 18.2 Å². The Balaban J connectivity index is 2.21. The number of benzene rings is 1. The Morgan fingerprint density at radius 3 is 2.65 bits per heavy atom. The van der Waals surface area contributed by atoms with E-state index in [1.54, 1.807) is 0 Å². The van der Waals surface area contributed by atoms with Crippen LogP contribution < -0.4 is 5.73 Å². The molecule has 2 aromatic heterocycles. The van der Waals surface area contributed by atoms with Crippen LogP contribution in [-0.2, 0) is 0 Å². The van der Waals surface area contributed by atoms with E-state index >= 15 is 0 Å². The van der Waals surface area contributed by atoms with Crippen LogP contribution in [0.25, 0.3) is 16.9 Å². The quantitative estimate of drug-likeness (QED) is 0.667. The second-order valence-electron chi connectivity index (χ2n) is 3.84. The molecule has 0 fully saturated rings. The number of hydrogen-bond donors (Lipinski definition) is 1. The van der Waals surface area contributed by atoms with Crippen LogP contribution >= 0.6 is 11.6 Å². The van der Waals surface area contributed by atoms with Crippen LogP contribution in [0.4, 0.5) is 5.69 Å². The van der Waals surface area contributed by atoms with E-state index in [0.717, 1.165) is 22.6 Å². The van der Waals surface area contributed by atoms with Crippen LogP contribution in [0, 0.1) is 0 Å². The molecule has 0 saturated heterocycles. The van der Waals surface area contributed by atoms with Gasteiger partial charge in [-0.25, -0.2) is 4.98 Å². The van der Waals surface area contributed by atoms with Gasteiger partial charge in [0.25, 0.3) is 0 Å². The van der Waals surface area contributed by atoms with Crippen LogP contribution in [0.3, 0.4) is 0 Å². The molecule has 3 nitrogen and oxygen atoms in total. The molecule has 0 bridgehead atoms. The lowest BCUT2D eigenvalue weighted by molar-refractivity contribution is 1.19. The number of hydrogen-bond acceptors (Lipinski definition) is 2. The van der Waals surface area contributed by atoms with Crippen LogP contribution in [0.15, 0.2) is 48.8 Å². The van der Waals surface area contributed by atoms with Crippen LogP contribution in [-0.4, -0.2) is 9.38 Å². The number of nitrogens with two attached hydrogens (primary N) is 1. The van der Waals surface area contributed by atoms with E-state index in [9.17, 15) is 0 Å². The van der Waals surface area contributed by atoms with Crippen molar-refractivity contribution < 1.29 is 0 Å². The van der Waals surface area contributed by atoms with E-state index in [2.05, 4.69) is 4.98 Å². The second-order valence-corrected chi connectivity index (χ2v) is 4.28. The van der Waals surface area contributed by atoms with Gasteiger partial charge in [0.05, 0.1) is 11.9 Å². The van der Waals surface area contributed by atoms with Gasteiger partial charge >= 0.3 is 0 Å². The molecule has 0 radical (unpaired) electrons. The Kier molecular flexibility index (Phi) is 2.27. The summed E-state index contributed by atoms with van der Waals surface area (Å²) >= 11 is 5.92. The Morgan fingerprint density at radius 2 is 1.88 bits per heavy atom. The van der Waals surface area contributed by atoms with Gasteiger partial charge in [-0.2, -0.15) is 0 Å². The van der Waals surface area contributed by atoms with E-state index in [1.165, 1.54) is 0 Å². The van der Waals surface area contributed by atoms with Crippen LogP contribution in [0.5, 0.6) is 0 Å². The minimum atomic E-state index is 0.687. The smallest absolute Gasteiger partial charge is 0.138 e. The molecule has 4 heteroatoms. The summed E-state index contributed by atoms with van der Waals surface area (Å²) in [6.07, 6.45) is 3.74. The average molecular weight is 244 g/mol. The maximum atomic E-state index is 5.92. The van der Waals surface area contributed by atoms with Crippen molar-refractivity contribution in [2.45, 2.75) is 0 Å². The molecule has 1 aromatic carbocycles. The van der Waals surface area contributed by atoms with Crippen molar-refractivity contribution in [1.82, 2.24) is 9.38 Å². The van der Waals surface area contributed by atoms with Gasteiger partial charge in [0.2, 0.25) is 0 Å². The molecular weight excluding hydrogens is 234 g/mol. The molecule has 2 heterocycles. The molecule has 0 aliphatic carbocycles. The van der Waals surface area contributed by atoms with E-state index in [1.807, 2.05) is 53.2 Å². The van der Waals surface area contributed by atoms with Crippen molar-refractivity contribution in [3.63, 3.8) is 0 Å². The van der Waals surface area contributed by atoms with Crippen molar-refractivity contribution in [1.29, 1.82) is 0 Å². The van der Waals surface area contributed by atoms with Crippen molar-refractivity contribution >= 4 is 22.9 Å². The number of rotatable bonds is 1. The first-order valence-electron chi connectivity index (χ1n) is 5.22. The van der Waals surface area contributed by atoms with E-state index < -0.39 is 0 Å². The number of aromatic nitrogens is 2.